The molecule has 28 heavy (non-hydrogen) atoms. The third-order valence-electron chi connectivity index (χ3n) is 6.05. The topological polar surface area (TPSA) is 48.9 Å². The molecule has 2 N–H and O–H groups in total. The van der Waals surface area contributed by atoms with Gasteiger partial charge in [0.1, 0.15) is 0 Å². The van der Waals surface area contributed by atoms with Gasteiger partial charge in [0.05, 0.1) is 6.04 Å². The van der Waals surface area contributed by atoms with Gasteiger partial charge < -0.3 is 20.3 Å². The van der Waals surface area contributed by atoms with Crippen molar-refractivity contribution in [1.82, 2.24) is 10.6 Å². The summed E-state index contributed by atoms with van der Waals surface area (Å²) in [5.74, 6) is 0.921. The molecule has 5 nitrogen and oxygen atoms in total. The standard InChI is InChI=1S/C23H38N4O/c1-4-24-22(25-18-23(11-12-23)13-16-28-5-2)26-19(3)20-9-8-10-21(17-20)27-14-6-7-15-27/h8-10,17,19H,4-7,11-16,18H2,1-3H3,(H2,24,25,26). The van der Waals surface area contributed by atoms with Gasteiger partial charge in [0.25, 0.3) is 0 Å². The Balaban J connectivity index is 1.59. The van der Waals surface area contributed by atoms with E-state index in [4.69, 9.17) is 9.73 Å². The number of nitrogens with zero attached hydrogens (tertiary/aromatic N) is 2. The van der Waals surface area contributed by atoms with E-state index in [0.29, 0.717) is 5.41 Å². The molecule has 0 radical (unpaired) electrons. The first-order valence-electron chi connectivity index (χ1n) is 11.1. The first kappa shape index (κ1) is 21.0. The molecule has 5 heteroatoms. The number of aliphatic imine (C=N–C) groups is 1. The van der Waals surface area contributed by atoms with Crippen molar-refractivity contribution in [3.8, 4) is 0 Å². The monoisotopic (exact) mass is 386 g/mol. The molecule has 2 aliphatic rings. The van der Waals surface area contributed by atoms with Crippen LogP contribution in [-0.2, 0) is 4.74 Å². The summed E-state index contributed by atoms with van der Waals surface area (Å²) in [7, 11) is 0. The molecule has 1 aliphatic heterocycles. The van der Waals surface area contributed by atoms with E-state index in [2.05, 4.69) is 60.6 Å². The van der Waals surface area contributed by atoms with Crippen LogP contribution in [0.2, 0.25) is 0 Å². The second-order valence-electron chi connectivity index (χ2n) is 8.30. The Morgan fingerprint density at radius 2 is 2.04 bits per heavy atom. The lowest BCUT2D eigenvalue weighted by molar-refractivity contribution is 0.129. The van der Waals surface area contributed by atoms with Gasteiger partial charge in [-0.05, 0) is 76.0 Å². The molecule has 1 aromatic carbocycles. The van der Waals surface area contributed by atoms with Gasteiger partial charge in [-0.1, -0.05) is 12.1 Å². The fourth-order valence-electron chi connectivity index (χ4n) is 3.92. The Hall–Kier alpha value is -1.75. The zero-order valence-electron chi connectivity index (χ0n) is 18.0. The van der Waals surface area contributed by atoms with Gasteiger partial charge in [0.2, 0.25) is 0 Å². The third-order valence-corrected chi connectivity index (χ3v) is 6.05. The zero-order chi connectivity index (χ0) is 19.8. The molecule has 1 aliphatic carbocycles. The normalized spacial score (nSPS) is 19.5. The molecule has 1 saturated heterocycles. The minimum atomic E-state index is 0.221. The summed E-state index contributed by atoms with van der Waals surface area (Å²) >= 11 is 0. The van der Waals surface area contributed by atoms with Crippen LogP contribution in [0.5, 0.6) is 0 Å². The van der Waals surface area contributed by atoms with Crippen LogP contribution in [0.1, 0.15) is 64.5 Å². The average molecular weight is 387 g/mol. The van der Waals surface area contributed by atoms with E-state index in [9.17, 15) is 0 Å². The van der Waals surface area contributed by atoms with Gasteiger partial charge in [-0.3, -0.25) is 4.99 Å². The van der Waals surface area contributed by atoms with E-state index in [0.717, 1.165) is 38.7 Å². The average Bonchev–Trinajstić information content (AvgIpc) is 3.26. The van der Waals surface area contributed by atoms with Crippen LogP contribution in [0, 0.1) is 5.41 Å². The van der Waals surface area contributed by atoms with Gasteiger partial charge in [-0.15, -0.1) is 0 Å². The van der Waals surface area contributed by atoms with Crippen LogP contribution in [0.4, 0.5) is 5.69 Å². The first-order valence-corrected chi connectivity index (χ1v) is 11.1. The van der Waals surface area contributed by atoms with Crippen molar-refractivity contribution in [3.63, 3.8) is 0 Å². The molecule has 156 valence electrons. The van der Waals surface area contributed by atoms with Crippen LogP contribution in [0.25, 0.3) is 0 Å². The second-order valence-corrected chi connectivity index (χ2v) is 8.30. The summed E-state index contributed by atoms with van der Waals surface area (Å²) < 4.78 is 5.56. The lowest BCUT2D eigenvalue weighted by atomic mass is 10.0. The molecule has 1 atom stereocenters. The Morgan fingerprint density at radius 1 is 1.25 bits per heavy atom. The maximum Gasteiger partial charge on any atom is 0.191 e. The molecule has 0 bridgehead atoms. The highest BCUT2D eigenvalue weighted by molar-refractivity contribution is 5.80. The molecule has 1 heterocycles. The Labute approximate surface area is 170 Å². The van der Waals surface area contributed by atoms with Crippen molar-refractivity contribution in [2.75, 3.05) is 44.3 Å². The lowest BCUT2D eigenvalue weighted by Crippen LogP contribution is -2.39. The first-order chi connectivity index (χ1) is 13.7. The number of hydrogen-bond acceptors (Lipinski definition) is 3. The fraction of sp³-hybridized carbons (Fsp3) is 0.696. The Bertz CT molecular complexity index is 635. The number of guanidine groups is 1. The molecule has 0 spiro atoms. The van der Waals surface area contributed by atoms with Crippen LogP contribution in [0.15, 0.2) is 29.3 Å². The maximum absolute atomic E-state index is 5.56. The van der Waals surface area contributed by atoms with Gasteiger partial charge in [0, 0.05) is 45.1 Å². The van der Waals surface area contributed by atoms with Crippen molar-refractivity contribution in [3.05, 3.63) is 29.8 Å². The van der Waals surface area contributed by atoms with E-state index in [-0.39, 0.29) is 6.04 Å². The van der Waals surface area contributed by atoms with Crippen molar-refractivity contribution >= 4 is 11.6 Å². The predicted molar refractivity (Wildman–Crippen MR) is 118 cm³/mol. The summed E-state index contributed by atoms with van der Waals surface area (Å²) in [6.45, 7) is 12.2. The van der Waals surface area contributed by atoms with Crippen LogP contribution < -0.4 is 15.5 Å². The zero-order valence-corrected chi connectivity index (χ0v) is 18.0. The van der Waals surface area contributed by atoms with Crippen LogP contribution in [-0.4, -0.2) is 45.4 Å². The largest absolute Gasteiger partial charge is 0.382 e. The Morgan fingerprint density at radius 3 is 2.71 bits per heavy atom. The maximum atomic E-state index is 5.56. The molecule has 1 unspecified atom stereocenters. The second kappa shape index (κ2) is 10.1. The number of anilines is 1. The molecule has 0 aromatic heterocycles. The van der Waals surface area contributed by atoms with E-state index >= 15 is 0 Å². The predicted octanol–water partition coefficient (Wildman–Crippen LogP) is 4.11. The minimum absolute atomic E-state index is 0.221. The van der Waals surface area contributed by atoms with Gasteiger partial charge in [-0.25, -0.2) is 0 Å². The highest BCUT2D eigenvalue weighted by Gasteiger charge is 2.41. The van der Waals surface area contributed by atoms with Crippen molar-refractivity contribution < 1.29 is 4.74 Å². The summed E-state index contributed by atoms with van der Waals surface area (Å²) in [6, 6.07) is 9.18. The number of hydrogen-bond donors (Lipinski definition) is 2. The van der Waals surface area contributed by atoms with E-state index in [1.54, 1.807) is 0 Å². The quantitative estimate of drug-likeness (QED) is 0.361. The van der Waals surface area contributed by atoms with E-state index in [1.807, 2.05) is 0 Å². The molecule has 0 amide bonds. The SMILES string of the molecule is CCNC(=NCC1(CCOCC)CC1)NC(C)c1cccc(N2CCCC2)c1. The minimum Gasteiger partial charge on any atom is -0.382 e. The number of rotatable bonds is 10. The molecule has 1 saturated carbocycles. The van der Waals surface area contributed by atoms with Crippen LogP contribution >= 0.6 is 0 Å². The van der Waals surface area contributed by atoms with E-state index in [1.165, 1.54) is 50.0 Å². The van der Waals surface area contributed by atoms with Gasteiger partial charge in [0.15, 0.2) is 5.96 Å². The Kier molecular flexibility index (Phi) is 7.60. The number of benzene rings is 1. The molecule has 1 aromatic rings. The van der Waals surface area contributed by atoms with Crippen molar-refractivity contribution in [2.24, 2.45) is 10.4 Å². The number of nitrogens with one attached hydrogen (secondary N) is 2. The van der Waals surface area contributed by atoms with Crippen molar-refractivity contribution in [2.45, 2.75) is 58.9 Å². The summed E-state index contributed by atoms with van der Waals surface area (Å²) in [6.07, 6.45) is 6.28. The van der Waals surface area contributed by atoms with Gasteiger partial charge in [-0.2, -0.15) is 0 Å². The lowest BCUT2D eigenvalue weighted by Gasteiger charge is -2.22. The van der Waals surface area contributed by atoms with Crippen LogP contribution in [0.3, 0.4) is 0 Å². The van der Waals surface area contributed by atoms with Crippen molar-refractivity contribution in [1.29, 1.82) is 0 Å². The van der Waals surface area contributed by atoms with Gasteiger partial charge >= 0.3 is 0 Å². The number of ether oxygens (including phenoxy) is 1. The highest BCUT2D eigenvalue weighted by Crippen LogP contribution is 2.49. The smallest absolute Gasteiger partial charge is 0.191 e. The summed E-state index contributed by atoms with van der Waals surface area (Å²) in [4.78, 5) is 7.41. The summed E-state index contributed by atoms with van der Waals surface area (Å²) in [5, 5.41) is 7.03. The fourth-order valence-corrected chi connectivity index (χ4v) is 3.92. The van der Waals surface area contributed by atoms with E-state index < -0.39 is 0 Å². The molecule has 3 rings (SSSR count). The molecular formula is C23H38N4O. The molecular weight excluding hydrogens is 348 g/mol. The highest BCUT2D eigenvalue weighted by atomic mass is 16.5. The molecule has 2 fully saturated rings. The third kappa shape index (κ3) is 5.87. The summed E-state index contributed by atoms with van der Waals surface area (Å²) in [5.41, 5.74) is 3.03.